The fourth-order valence-electron chi connectivity index (χ4n) is 5.43. The van der Waals surface area contributed by atoms with Gasteiger partial charge in [0.1, 0.15) is 0 Å². The molecule has 1 aliphatic rings. The Kier molecular flexibility index (Phi) is 6.53. The van der Waals surface area contributed by atoms with Gasteiger partial charge in [-0.1, -0.05) is 0 Å². The first-order valence-corrected chi connectivity index (χ1v) is 16.2. The van der Waals surface area contributed by atoms with Crippen LogP contribution in [0.4, 0.5) is 0 Å². The van der Waals surface area contributed by atoms with E-state index < -0.39 is 5.31 Å². The van der Waals surface area contributed by atoms with E-state index in [0.29, 0.717) is 6.54 Å². The van der Waals surface area contributed by atoms with Crippen molar-refractivity contribution in [3.8, 4) is 5.75 Å². The molecule has 0 saturated carbocycles. The van der Waals surface area contributed by atoms with Crippen molar-refractivity contribution in [2.75, 3.05) is 13.7 Å². The van der Waals surface area contributed by atoms with E-state index in [-0.39, 0.29) is 11.6 Å². The number of benzene rings is 4. The van der Waals surface area contributed by atoms with E-state index in [2.05, 4.69) is 88.3 Å². The van der Waals surface area contributed by atoms with Gasteiger partial charge < -0.3 is 0 Å². The Hall–Kier alpha value is -2.94. The van der Waals surface area contributed by atoms with Crippen molar-refractivity contribution in [1.29, 1.82) is 0 Å². The number of rotatable bonds is 7. The van der Waals surface area contributed by atoms with Crippen LogP contribution in [0.1, 0.15) is 12.0 Å². The Bertz CT molecular complexity index is 1200. The van der Waals surface area contributed by atoms with Crippen LogP contribution < -0.4 is 20.7 Å². The fraction of sp³-hybridized carbons (Fsp3) is 0.167. The van der Waals surface area contributed by atoms with E-state index in [4.69, 9.17) is 4.74 Å². The Morgan fingerprint density at radius 2 is 1.23 bits per heavy atom. The van der Waals surface area contributed by atoms with Crippen molar-refractivity contribution in [3.63, 3.8) is 0 Å². The quantitative estimate of drug-likeness (QED) is 0.281. The first kappa shape index (κ1) is 23.8. The Morgan fingerprint density at radius 1 is 0.771 bits per heavy atom. The maximum absolute atomic E-state index is 14.3. The van der Waals surface area contributed by atoms with Gasteiger partial charge in [0.25, 0.3) is 0 Å². The molecule has 0 bridgehead atoms. The molecule has 178 valence electrons. The molecule has 35 heavy (non-hydrogen) atoms. The van der Waals surface area contributed by atoms with Crippen LogP contribution in [0.15, 0.2) is 115 Å². The summed E-state index contributed by atoms with van der Waals surface area (Å²) in [6.45, 7) is 1.32. The first-order chi connectivity index (χ1) is 17.1. The van der Waals surface area contributed by atoms with Crippen molar-refractivity contribution < 1.29 is 9.53 Å². The zero-order valence-corrected chi connectivity index (χ0v) is 22.2. The van der Waals surface area contributed by atoms with Crippen LogP contribution in [-0.2, 0) is 11.3 Å². The standard InChI is InChI=1S/C30H29BrNO2P/c1-34-25-19-17-24(18-20-25)23-32-22-21-29(30(32)33)35(31,26-11-5-2-6-12-26,27-13-7-3-8-14-27)28-15-9-4-10-16-28/h2-20,29H,21-23H2,1H3. The first-order valence-electron chi connectivity index (χ1n) is 11.9. The Balaban J connectivity index is 1.66. The predicted molar refractivity (Wildman–Crippen MR) is 151 cm³/mol. The van der Waals surface area contributed by atoms with Gasteiger partial charge in [-0.25, -0.2) is 0 Å². The monoisotopic (exact) mass is 545 g/mol. The molecule has 0 aromatic heterocycles. The maximum atomic E-state index is 14.3. The van der Waals surface area contributed by atoms with Gasteiger partial charge in [-0.15, -0.1) is 0 Å². The van der Waals surface area contributed by atoms with Gasteiger partial charge in [-0.2, -0.15) is 0 Å². The summed E-state index contributed by atoms with van der Waals surface area (Å²) in [5, 5.41) is 0.191. The summed E-state index contributed by atoms with van der Waals surface area (Å²) in [5.41, 5.74) is 0.903. The number of likely N-dealkylation sites (tertiary alicyclic amines) is 1. The van der Waals surface area contributed by atoms with E-state index in [0.717, 1.165) is 24.3 Å². The van der Waals surface area contributed by atoms with Gasteiger partial charge in [-0.05, 0) is 0 Å². The summed E-state index contributed by atoms with van der Waals surface area (Å²) in [6, 6.07) is 39.7. The van der Waals surface area contributed by atoms with E-state index in [9.17, 15) is 4.79 Å². The third-order valence-corrected chi connectivity index (χ3v) is 17.9. The molecule has 1 heterocycles. The fourth-order valence-corrected chi connectivity index (χ4v) is 14.1. The molecule has 0 N–H and O–H groups in total. The summed E-state index contributed by atoms with van der Waals surface area (Å²) in [4.78, 5) is 16.3. The van der Waals surface area contributed by atoms with Gasteiger partial charge in [0.05, 0.1) is 0 Å². The normalized spacial score (nSPS) is 17.1. The summed E-state index contributed by atoms with van der Waals surface area (Å²) in [7, 11) is 1.67. The van der Waals surface area contributed by atoms with Crippen LogP contribution in [0.25, 0.3) is 0 Å². The molecule has 0 radical (unpaired) electrons. The Labute approximate surface area is 215 Å². The number of amides is 1. The third-order valence-electron chi connectivity index (χ3n) is 7.17. The summed E-state index contributed by atoms with van der Waals surface area (Å²) in [6.07, 6.45) is 0.788. The molecular formula is C30H29BrNO2P. The molecule has 1 aliphatic heterocycles. The number of carbonyl (C=O) groups excluding carboxylic acids is 1. The number of ether oxygens (including phenoxy) is 1. The summed E-state index contributed by atoms with van der Waals surface area (Å²) in [5.74, 6) is 1.02. The number of methoxy groups -OCH3 is 1. The second kappa shape index (κ2) is 9.60. The van der Waals surface area contributed by atoms with Gasteiger partial charge in [0.2, 0.25) is 0 Å². The molecule has 4 aromatic rings. The average Bonchev–Trinajstić information content (AvgIpc) is 3.30. The van der Waals surface area contributed by atoms with Crippen LogP contribution in [0.5, 0.6) is 5.75 Å². The van der Waals surface area contributed by atoms with Crippen molar-refractivity contribution in [1.82, 2.24) is 4.90 Å². The van der Waals surface area contributed by atoms with Crippen molar-refractivity contribution in [3.05, 3.63) is 121 Å². The van der Waals surface area contributed by atoms with Crippen molar-refractivity contribution in [2.45, 2.75) is 18.6 Å². The summed E-state index contributed by atoms with van der Waals surface area (Å²) >= 11 is 4.48. The molecule has 5 heteroatoms. The molecule has 1 unspecified atom stereocenters. The zero-order chi connectivity index (χ0) is 24.3. The SMILES string of the molecule is COc1ccc(CN2CCC(P(Br)(c3ccccc3)(c3ccccc3)c3ccccc3)C2=O)cc1. The Morgan fingerprint density at radius 3 is 1.66 bits per heavy atom. The number of hydrogen-bond acceptors (Lipinski definition) is 2. The molecule has 1 saturated heterocycles. The number of carbonyl (C=O) groups is 1. The molecule has 5 rings (SSSR count). The molecule has 0 spiro atoms. The third kappa shape index (κ3) is 3.90. The molecule has 4 aromatic carbocycles. The van der Waals surface area contributed by atoms with Crippen molar-refractivity contribution >= 4 is 42.6 Å². The van der Waals surface area contributed by atoms with Crippen LogP contribution in [0.2, 0.25) is 0 Å². The molecule has 1 fully saturated rings. The van der Waals surface area contributed by atoms with Gasteiger partial charge in [0, 0.05) is 0 Å². The minimum atomic E-state index is -3.35. The van der Waals surface area contributed by atoms with Crippen LogP contribution in [0, 0.1) is 0 Å². The number of nitrogens with zero attached hydrogens (tertiary/aromatic N) is 1. The van der Waals surface area contributed by atoms with Gasteiger partial charge in [-0.3, -0.25) is 0 Å². The minimum absolute atomic E-state index is 0.201. The number of halogens is 1. The van der Waals surface area contributed by atoms with E-state index in [1.807, 2.05) is 47.4 Å². The molecule has 3 nitrogen and oxygen atoms in total. The van der Waals surface area contributed by atoms with Crippen LogP contribution >= 0.6 is 20.8 Å². The molecule has 1 amide bonds. The molecule has 1 atom stereocenters. The summed E-state index contributed by atoms with van der Waals surface area (Å²) < 4.78 is 5.30. The van der Waals surface area contributed by atoms with E-state index in [1.165, 1.54) is 15.9 Å². The van der Waals surface area contributed by atoms with E-state index in [1.54, 1.807) is 7.11 Å². The van der Waals surface area contributed by atoms with Gasteiger partial charge >= 0.3 is 216 Å². The van der Waals surface area contributed by atoms with Gasteiger partial charge in [0.15, 0.2) is 0 Å². The van der Waals surface area contributed by atoms with E-state index >= 15 is 0 Å². The average molecular weight is 546 g/mol. The second-order valence-electron chi connectivity index (χ2n) is 8.99. The van der Waals surface area contributed by atoms with Crippen molar-refractivity contribution in [2.24, 2.45) is 0 Å². The predicted octanol–water partition coefficient (Wildman–Crippen LogP) is 5.64. The topological polar surface area (TPSA) is 29.5 Å². The second-order valence-corrected chi connectivity index (χ2v) is 17.7. The van der Waals surface area contributed by atoms with Crippen LogP contribution in [-0.4, -0.2) is 30.1 Å². The molecule has 0 aliphatic carbocycles. The van der Waals surface area contributed by atoms with Crippen LogP contribution in [0.3, 0.4) is 0 Å². The number of hydrogen-bond donors (Lipinski definition) is 0. The molecular weight excluding hydrogens is 517 g/mol. The zero-order valence-electron chi connectivity index (χ0n) is 19.8.